The average molecular weight is 271 g/mol. The van der Waals surface area contributed by atoms with Crippen LogP contribution < -0.4 is 5.32 Å². The van der Waals surface area contributed by atoms with E-state index in [2.05, 4.69) is 10.3 Å². The Hall–Kier alpha value is -1.32. The van der Waals surface area contributed by atoms with E-state index in [9.17, 15) is 4.39 Å². The van der Waals surface area contributed by atoms with Gasteiger partial charge in [0.1, 0.15) is 5.82 Å². The Morgan fingerprint density at radius 2 is 2.06 bits per heavy atom. The summed E-state index contributed by atoms with van der Waals surface area (Å²) >= 11 is 11.7. The summed E-state index contributed by atoms with van der Waals surface area (Å²) in [6, 6.07) is 6.09. The number of benzene rings is 1. The molecule has 0 aliphatic rings. The van der Waals surface area contributed by atoms with Gasteiger partial charge in [-0.2, -0.15) is 0 Å². The maximum atomic E-state index is 13.1. The summed E-state index contributed by atoms with van der Waals surface area (Å²) < 4.78 is 13.1. The fourth-order valence-electron chi connectivity index (χ4n) is 1.40. The van der Waals surface area contributed by atoms with Crippen LogP contribution in [0.1, 0.15) is 5.56 Å². The molecule has 1 aromatic carbocycles. The van der Waals surface area contributed by atoms with Gasteiger partial charge in [-0.1, -0.05) is 23.2 Å². The lowest BCUT2D eigenvalue weighted by Gasteiger charge is -2.08. The largest absolute Gasteiger partial charge is 0.381 e. The van der Waals surface area contributed by atoms with Crippen molar-refractivity contribution in [3.63, 3.8) is 0 Å². The van der Waals surface area contributed by atoms with Crippen molar-refractivity contribution in [1.29, 1.82) is 0 Å². The summed E-state index contributed by atoms with van der Waals surface area (Å²) in [6.07, 6.45) is 3.22. The van der Waals surface area contributed by atoms with Crippen molar-refractivity contribution in [3.8, 4) is 0 Å². The third-order valence-corrected chi connectivity index (χ3v) is 2.76. The van der Waals surface area contributed by atoms with Crippen LogP contribution in [0.15, 0.2) is 36.7 Å². The summed E-state index contributed by atoms with van der Waals surface area (Å²) in [6.45, 7) is 0.487. The van der Waals surface area contributed by atoms with Crippen LogP contribution in [0, 0.1) is 5.82 Å². The van der Waals surface area contributed by atoms with Gasteiger partial charge in [-0.25, -0.2) is 4.39 Å². The maximum absolute atomic E-state index is 13.1. The Labute approximate surface area is 108 Å². The third-order valence-electron chi connectivity index (χ3n) is 2.20. The Morgan fingerprint density at radius 1 is 1.24 bits per heavy atom. The first-order valence-electron chi connectivity index (χ1n) is 4.93. The summed E-state index contributed by atoms with van der Waals surface area (Å²) in [7, 11) is 0. The third kappa shape index (κ3) is 3.32. The molecule has 0 saturated carbocycles. The highest BCUT2D eigenvalue weighted by atomic mass is 35.5. The second-order valence-electron chi connectivity index (χ2n) is 3.48. The topological polar surface area (TPSA) is 24.9 Å². The smallest absolute Gasteiger partial charge is 0.126 e. The van der Waals surface area contributed by atoms with Gasteiger partial charge in [0, 0.05) is 29.6 Å². The van der Waals surface area contributed by atoms with Gasteiger partial charge in [0.15, 0.2) is 0 Å². The van der Waals surface area contributed by atoms with Gasteiger partial charge in [-0.15, -0.1) is 0 Å². The zero-order valence-corrected chi connectivity index (χ0v) is 10.3. The minimum atomic E-state index is -0.374. The minimum Gasteiger partial charge on any atom is -0.381 e. The average Bonchev–Trinajstić information content (AvgIpc) is 2.27. The molecule has 2 rings (SSSR count). The Morgan fingerprint density at radius 3 is 2.76 bits per heavy atom. The molecule has 0 aliphatic carbocycles. The number of rotatable bonds is 3. The summed E-state index contributed by atoms with van der Waals surface area (Å²) in [5, 5.41) is 3.97. The van der Waals surface area contributed by atoms with Gasteiger partial charge in [0.25, 0.3) is 0 Å². The van der Waals surface area contributed by atoms with Crippen molar-refractivity contribution in [3.05, 3.63) is 58.1 Å². The van der Waals surface area contributed by atoms with Crippen molar-refractivity contribution in [2.75, 3.05) is 5.32 Å². The van der Waals surface area contributed by atoms with Crippen LogP contribution >= 0.6 is 23.2 Å². The minimum absolute atomic E-state index is 0.355. The van der Waals surface area contributed by atoms with Gasteiger partial charge in [-0.05, 0) is 29.8 Å². The fourth-order valence-corrected chi connectivity index (χ4v) is 1.81. The monoisotopic (exact) mass is 270 g/mol. The molecular weight excluding hydrogens is 262 g/mol. The molecule has 0 saturated heterocycles. The van der Waals surface area contributed by atoms with Crippen LogP contribution in [-0.4, -0.2) is 4.98 Å². The Bertz CT molecular complexity index is 511. The molecule has 0 bridgehead atoms. The SMILES string of the molecule is Fc1cc(Cl)cc(NCc2ccncc2Cl)c1. The van der Waals surface area contributed by atoms with Crippen LogP contribution in [0.4, 0.5) is 10.1 Å². The van der Waals surface area contributed by atoms with E-state index in [1.165, 1.54) is 12.1 Å². The van der Waals surface area contributed by atoms with Crippen molar-refractivity contribution in [1.82, 2.24) is 4.98 Å². The van der Waals surface area contributed by atoms with E-state index in [0.717, 1.165) is 5.56 Å². The molecule has 5 heteroatoms. The molecule has 1 aromatic heterocycles. The van der Waals surface area contributed by atoms with Crippen LogP contribution in [0.25, 0.3) is 0 Å². The molecule has 0 aliphatic heterocycles. The van der Waals surface area contributed by atoms with E-state index in [1.54, 1.807) is 24.5 Å². The van der Waals surface area contributed by atoms with E-state index in [4.69, 9.17) is 23.2 Å². The molecule has 1 N–H and O–H groups in total. The number of pyridine rings is 1. The predicted molar refractivity (Wildman–Crippen MR) is 68.0 cm³/mol. The zero-order valence-electron chi connectivity index (χ0n) is 8.75. The van der Waals surface area contributed by atoms with E-state index < -0.39 is 0 Å². The van der Waals surface area contributed by atoms with Crippen LogP contribution in [0.2, 0.25) is 10.0 Å². The van der Waals surface area contributed by atoms with Crippen molar-refractivity contribution < 1.29 is 4.39 Å². The predicted octanol–water partition coefficient (Wildman–Crippen LogP) is 4.14. The van der Waals surface area contributed by atoms with E-state index in [0.29, 0.717) is 22.3 Å². The number of aromatic nitrogens is 1. The van der Waals surface area contributed by atoms with E-state index >= 15 is 0 Å². The lowest BCUT2D eigenvalue weighted by molar-refractivity contribution is 0.628. The molecule has 0 spiro atoms. The second kappa shape index (κ2) is 5.34. The molecule has 2 nitrogen and oxygen atoms in total. The number of nitrogens with one attached hydrogen (secondary N) is 1. The van der Waals surface area contributed by atoms with Crippen LogP contribution in [0.5, 0.6) is 0 Å². The second-order valence-corrected chi connectivity index (χ2v) is 4.32. The van der Waals surface area contributed by atoms with Gasteiger partial charge in [0.05, 0.1) is 5.02 Å². The fraction of sp³-hybridized carbons (Fsp3) is 0.0833. The Kier molecular flexibility index (Phi) is 3.82. The highest BCUT2D eigenvalue weighted by molar-refractivity contribution is 6.31. The molecule has 2 aromatic rings. The van der Waals surface area contributed by atoms with Crippen molar-refractivity contribution in [2.45, 2.75) is 6.54 Å². The maximum Gasteiger partial charge on any atom is 0.126 e. The zero-order chi connectivity index (χ0) is 12.3. The molecule has 1 heterocycles. The first-order valence-corrected chi connectivity index (χ1v) is 5.69. The summed E-state index contributed by atoms with van der Waals surface area (Å²) in [5.41, 5.74) is 1.50. The van der Waals surface area contributed by atoms with E-state index in [1.807, 2.05) is 0 Å². The molecule has 0 unspecified atom stereocenters. The van der Waals surface area contributed by atoms with Gasteiger partial charge >= 0.3 is 0 Å². The summed E-state index contributed by atoms with van der Waals surface area (Å²) in [4.78, 5) is 3.89. The Balaban J connectivity index is 2.10. The van der Waals surface area contributed by atoms with Gasteiger partial charge in [0.2, 0.25) is 0 Å². The molecule has 88 valence electrons. The van der Waals surface area contributed by atoms with Crippen molar-refractivity contribution >= 4 is 28.9 Å². The first kappa shape index (κ1) is 12.1. The van der Waals surface area contributed by atoms with Gasteiger partial charge < -0.3 is 5.32 Å². The summed E-state index contributed by atoms with van der Waals surface area (Å²) in [5.74, 6) is -0.374. The van der Waals surface area contributed by atoms with E-state index in [-0.39, 0.29) is 5.82 Å². The lowest BCUT2D eigenvalue weighted by atomic mass is 10.2. The number of hydrogen-bond acceptors (Lipinski definition) is 2. The number of nitrogens with zero attached hydrogens (tertiary/aromatic N) is 1. The first-order chi connectivity index (χ1) is 8.15. The standard InChI is InChI=1S/C12H9Cl2FN2/c13-9-3-10(15)5-11(4-9)17-6-8-1-2-16-7-12(8)14/h1-5,7,17H,6H2. The normalized spacial score (nSPS) is 10.3. The molecule has 0 fully saturated rings. The molecule has 0 amide bonds. The molecule has 0 atom stereocenters. The number of hydrogen-bond donors (Lipinski definition) is 1. The van der Waals surface area contributed by atoms with Crippen LogP contribution in [0.3, 0.4) is 0 Å². The van der Waals surface area contributed by atoms with Gasteiger partial charge in [-0.3, -0.25) is 4.98 Å². The lowest BCUT2D eigenvalue weighted by Crippen LogP contribution is -2.00. The quantitative estimate of drug-likeness (QED) is 0.907. The molecule has 0 radical (unpaired) electrons. The molecule has 17 heavy (non-hydrogen) atoms. The molecular formula is C12H9Cl2FN2. The number of halogens is 3. The van der Waals surface area contributed by atoms with Crippen molar-refractivity contribution in [2.24, 2.45) is 0 Å². The highest BCUT2D eigenvalue weighted by Gasteiger charge is 2.01. The van der Waals surface area contributed by atoms with Crippen LogP contribution in [-0.2, 0) is 6.54 Å². The highest BCUT2D eigenvalue weighted by Crippen LogP contribution is 2.20. The number of anilines is 1.